The van der Waals surface area contributed by atoms with Crippen LogP contribution in [0.15, 0.2) is 59.5 Å². The van der Waals surface area contributed by atoms with Crippen molar-refractivity contribution < 1.29 is 4.79 Å². The number of benzene rings is 2. The molecule has 3 rings (SSSR count). The molecule has 5 heteroatoms. The van der Waals surface area contributed by atoms with Crippen LogP contribution in [0.1, 0.15) is 11.1 Å². The van der Waals surface area contributed by atoms with Crippen LogP contribution in [0.25, 0.3) is 6.08 Å². The lowest BCUT2D eigenvalue weighted by molar-refractivity contribution is -0.117. The van der Waals surface area contributed by atoms with Gasteiger partial charge in [-0.25, -0.2) is 0 Å². The number of rotatable bonds is 3. The monoisotopic (exact) mass is 325 g/mol. The maximum Gasteiger partial charge on any atom is 0.260 e. The molecule has 1 heterocycles. The van der Waals surface area contributed by atoms with E-state index in [0.717, 1.165) is 16.8 Å². The van der Waals surface area contributed by atoms with Gasteiger partial charge >= 0.3 is 0 Å². The second-order valence-corrected chi connectivity index (χ2v) is 6.94. The number of anilines is 1. The fourth-order valence-electron chi connectivity index (χ4n) is 2.41. The highest BCUT2D eigenvalue weighted by Crippen LogP contribution is 2.40. The van der Waals surface area contributed by atoms with Gasteiger partial charge in [0.15, 0.2) is 4.99 Å². The van der Waals surface area contributed by atoms with Gasteiger partial charge < -0.3 is 10.2 Å². The van der Waals surface area contributed by atoms with Crippen LogP contribution in [0.2, 0.25) is 0 Å². The molecule has 118 valence electrons. The first-order valence-electron chi connectivity index (χ1n) is 7.33. The van der Waals surface area contributed by atoms with Crippen molar-refractivity contribution in [3.63, 3.8) is 0 Å². The average molecular weight is 325 g/mol. The maximum atomic E-state index is 12.3. The number of hydrogen-bond donors (Lipinski definition) is 2. The Morgan fingerprint density at radius 2 is 1.74 bits per heavy atom. The van der Waals surface area contributed by atoms with Crippen LogP contribution in [0.3, 0.4) is 0 Å². The molecular formula is C18H19N3OS. The zero-order valence-electron chi connectivity index (χ0n) is 13.1. The van der Waals surface area contributed by atoms with E-state index in [1.165, 1.54) is 11.8 Å². The van der Waals surface area contributed by atoms with Crippen molar-refractivity contribution >= 4 is 29.4 Å². The van der Waals surface area contributed by atoms with Crippen LogP contribution in [0.5, 0.6) is 0 Å². The first-order valence-corrected chi connectivity index (χ1v) is 8.14. The lowest BCUT2D eigenvalue weighted by Gasteiger charge is -2.22. The van der Waals surface area contributed by atoms with Crippen LogP contribution >= 0.6 is 11.8 Å². The van der Waals surface area contributed by atoms with Gasteiger partial charge in [-0.3, -0.25) is 10.5 Å². The van der Waals surface area contributed by atoms with Gasteiger partial charge in [0.05, 0.1) is 4.91 Å². The van der Waals surface area contributed by atoms with Gasteiger partial charge in [0.2, 0.25) is 0 Å². The van der Waals surface area contributed by atoms with Crippen molar-refractivity contribution in [3.05, 3.63) is 70.6 Å². The van der Waals surface area contributed by atoms with Crippen molar-refractivity contribution in [2.45, 2.75) is 4.99 Å². The van der Waals surface area contributed by atoms with Gasteiger partial charge in [0.25, 0.3) is 5.91 Å². The Balaban J connectivity index is 1.85. The van der Waals surface area contributed by atoms with E-state index in [-0.39, 0.29) is 5.91 Å². The molecule has 23 heavy (non-hydrogen) atoms. The second-order valence-electron chi connectivity index (χ2n) is 5.65. The molecule has 0 aliphatic carbocycles. The number of nitrogens with zero attached hydrogens (tertiary/aromatic N) is 1. The van der Waals surface area contributed by atoms with E-state index < -0.39 is 4.99 Å². The lowest BCUT2D eigenvalue weighted by Crippen LogP contribution is -2.44. The Bertz CT molecular complexity index is 741. The SMILES string of the molecule is CN(C)c1ccc(C=C2SC(N)(c3ccccc3)NC2=O)cc1. The van der Waals surface area contributed by atoms with Gasteiger partial charge in [0, 0.05) is 25.3 Å². The lowest BCUT2D eigenvalue weighted by atomic mass is 10.1. The smallest absolute Gasteiger partial charge is 0.260 e. The third-order valence-corrected chi connectivity index (χ3v) is 4.89. The Morgan fingerprint density at radius 3 is 2.35 bits per heavy atom. The number of carbonyl (C=O) groups is 1. The molecular weight excluding hydrogens is 306 g/mol. The third kappa shape index (κ3) is 3.25. The number of hydrogen-bond acceptors (Lipinski definition) is 4. The topological polar surface area (TPSA) is 58.4 Å². The molecule has 1 aliphatic rings. The van der Waals surface area contributed by atoms with Gasteiger partial charge in [-0.2, -0.15) is 0 Å². The number of thioether (sulfide) groups is 1. The molecule has 1 fully saturated rings. The molecule has 1 atom stereocenters. The average Bonchev–Trinajstić information content (AvgIpc) is 2.84. The molecule has 0 bridgehead atoms. The molecule has 2 aromatic carbocycles. The fourth-order valence-corrected chi connectivity index (χ4v) is 3.49. The first kappa shape index (κ1) is 15.6. The molecule has 0 radical (unpaired) electrons. The Morgan fingerprint density at radius 1 is 1.09 bits per heavy atom. The van der Waals surface area contributed by atoms with Gasteiger partial charge in [-0.05, 0) is 23.8 Å². The summed E-state index contributed by atoms with van der Waals surface area (Å²) in [6, 6.07) is 17.6. The van der Waals surface area contributed by atoms with Crippen molar-refractivity contribution in [1.82, 2.24) is 5.32 Å². The number of carbonyl (C=O) groups excluding carboxylic acids is 1. The number of nitrogens with one attached hydrogen (secondary N) is 1. The minimum atomic E-state index is -0.909. The van der Waals surface area contributed by atoms with Crippen LogP contribution < -0.4 is 16.0 Å². The van der Waals surface area contributed by atoms with E-state index in [1.54, 1.807) is 0 Å². The van der Waals surface area contributed by atoms with Crippen molar-refractivity contribution in [2.24, 2.45) is 5.73 Å². The molecule has 1 amide bonds. The first-order chi connectivity index (χ1) is 11.0. The Kier molecular flexibility index (Phi) is 4.15. The van der Waals surface area contributed by atoms with Gasteiger partial charge in [-0.1, -0.05) is 54.2 Å². The van der Waals surface area contributed by atoms with Crippen molar-refractivity contribution in [2.75, 3.05) is 19.0 Å². The van der Waals surface area contributed by atoms with Crippen molar-refractivity contribution in [1.29, 1.82) is 0 Å². The molecule has 0 aromatic heterocycles. The molecule has 0 spiro atoms. The summed E-state index contributed by atoms with van der Waals surface area (Å²) in [4.78, 5) is 14.0. The fraction of sp³-hybridized carbons (Fsp3) is 0.167. The van der Waals surface area contributed by atoms with E-state index >= 15 is 0 Å². The molecule has 0 saturated carbocycles. The molecule has 1 aliphatic heterocycles. The summed E-state index contributed by atoms with van der Waals surface area (Å²) < 4.78 is 0. The Labute approximate surface area is 140 Å². The minimum Gasteiger partial charge on any atom is -0.378 e. The summed E-state index contributed by atoms with van der Waals surface area (Å²) in [6.45, 7) is 0. The summed E-state index contributed by atoms with van der Waals surface area (Å²) in [5.41, 5.74) is 9.34. The molecule has 1 unspecified atom stereocenters. The zero-order valence-corrected chi connectivity index (χ0v) is 13.9. The largest absolute Gasteiger partial charge is 0.378 e. The van der Waals surface area contributed by atoms with E-state index in [0.29, 0.717) is 4.91 Å². The minimum absolute atomic E-state index is 0.141. The maximum absolute atomic E-state index is 12.3. The van der Waals surface area contributed by atoms with Gasteiger partial charge in [-0.15, -0.1) is 0 Å². The summed E-state index contributed by atoms with van der Waals surface area (Å²) in [5.74, 6) is -0.141. The van der Waals surface area contributed by atoms with E-state index in [2.05, 4.69) is 5.32 Å². The molecule has 1 saturated heterocycles. The summed E-state index contributed by atoms with van der Waals surface area (Å²) in [7, 11) is 3.99. The van der Waals surface area contributed by atoms with E-state index in [4.69, 9.17) is 5.73 Å². The highest BCUT2D eigenvalue weighted by Gasteiger charge is 2.40. The Hall–Kier alpha value is -2.24. The zero-order chi connectivity index (χ0) is 16.4. The second kappa shape index (κ2) is 6.10. The van der Waals surface area contributed by atoms with Gasteiger partial charge in [0.1, 0.15) is 0 Å². The summed E-state index contributed by atoms with van der Waals surface area (Å²) in [6.07, 6.45) is 1.87. The molecule has 3 N–H and O–H groups in total. The predicted molar refractivity (Wildman–Crippen MR) is 96.8 cm³/mol. The number of amides is 1. The van der Waals surface area contributed by atoms with E-state index in [9.17, 15) is 4.79 Å². The highest BCUT2D eigenvalue weighted by molar-refractivity contribution is 8.05. The number of nitrogens with two attached hydrogens (primary N) is 1. The normalized spacial score (nSPS) is 22.2. The van der Waals surface area contributed by atoms with Crippen LogP contribution in [-0.4, -0.2) is 20.0 Å². The van der Waals surface area contributed by atoms with Crippen LogP contribution in [0, 0.1) is 0 Å². The van der Waals surface area contributed by atoms with Crippen LogP contribution in [-0.2, 0) is 9.79 Å². The molecule has 2 aromatic rings. The van der Waals surface area contributed by atoms with Crippen LogP contribution in [0.4, 0.5) is 5.69 Å². The summed E-state index contributed by atoms with van der Waals surface area (Å²) >= 11 is 1.35. The highest BCUT2D eigenvalue weighted by atomic mass is 32.2. The quantitative estimate of drug-likeness (QED) is 0.852. The van der Waals surface area contributed by atoms with E-state index in [1.807, 2.05) is 79.7 Å². The van der Waals surface area contributed by atoms with Crippen molar-refractivity contribution in [3.8, 4) is 0 Å². The predicted octanol–water partition coefficient (Wildman–Crippen LogP) is 2.73. The third-order valence-electron chi connectivity index (χ3n) is 3.70. The summed E-state index contributed by atoms with van der Waals surface area (Å²) in [5, 5.41) is 2.87. The standard InChI is InChI=1S/C18H19N3OS/c1-21(2)15-10-8-13(9-11-15)12-16-17(22)20-18(19,23-16)14-6-4-3-5-7-14/h3-12H,19H2,1-2H3,(H,20,22). The molecule has 4 nitrogen and oxygen atoms in total.